The lowest BCUT2D eigenvalue weighted by Crippen LogP contribution is -2.16. The van der Waals surface area contributed by atoms with Gasteiger partial charge >= 0.3 is 0 Å². The van der Waals surface area contributed by atoms with E-state index in [1.807, 2.05) is 36.4 Å². The number of anilines is 6. The Morgan fingerprint density at radius 1 is 0.395 bits per heavy atom. The Balaban J connectivity index is 1.03. The monoisotopic (exact) mass is 970 g/mol. The Morgan fingerprint density at radius 2 is 0.816 bits per heavy atom. The second-order valence-corrected chi connectivity index (χ2v) is 21.5. The molecule has 0 heterocycles. The molecule has 0 N–H and O–H groups in total. The molecule has 12 aromatic rings. The molecule has 0 saturated heterocycles. The predicted octanol–water partition coefficient (Wildman–Crippen LogP) is 19.9. The summed E-state index contributed by atoms with van der Waals surface area (Å²) in [5, 5.41) is 17.0. The van der Waals surface area contributed by atoms with Crippen LogP contribution >= 0.6 is 0 Å². The molecule has 4 nitrogen and oxygen atoms in total. The fourth-order valence-electron chi connectivity index (χ4n) is 13.0. The predicted molar refractivity (Wildman–Crippen MR) is 316 cm³/mol. The summed E-state index contributed by atoms with van der Waals surface area (Å²) in [4.78, 5) is 8.75. The van der Waals surface area contributed by atoms with Crippen LogP contribution < -0.4 is 9.80 Å². The second kappa shape index (κ2) is 16.9. The minimum Gasteiger partial charge on any atom is -0.309 e. The van der Waals surface area contributed by atoms with E-state index < -0.39 is 0 Å². The maximum atomic E-state index is 9.93. The smallest absolute Gasteiger partial charge is 0.187 e. The Bertz CT molecular complexity index is 4180. The third-order valence-electron chi connectivity index (χ3n) is 16.6. The van der Waals surface area contributed by atoms with Crippen molar-refractivity contribution in [3.63, 3.8) is 0 Å². The van der Waals surface area contributed by atoms with Crippen LogP contribution in [-0.4, -0.2) is 0 Å². The minimum atomic E-state index is -0.198. The van der Waals surface area contributed by atoms with Gasteiger partial charge in [-0.15, -0.1) is 0 Å². The first-order valence-corrected chi connectivity index (χ1v) is 26.1. The third-order valence-corrected chi connectivity index (χ3v) is 16.6. The van der Waals surface area contributed by atoms with Gasteiger partial charge in [0.25, 0.3) is 0 Å². The highest BCUT2D eigenvalue weighted by Gasteiger charge is 2.40. The molecule has 14 rings (SSSR count). The van der Waals surface area contributed by atoms with Crippen LogP contribution in [0.15, 0.2) is 231 Å². The van der Waals surface area contributed by atoms with Gasteiger partial charge in [0.2, 0.25) is 0 Å². The summed E-state index contributed by atoms with van der Waals surface area (Å²) < 4.78 is 0. The molecule has 0 spiro atoms. The highest BCUT2D eigenvalue weighted by Crippen LogP contribution is 2.58. The summed E-state index contributed by atoms with van der Waals surface area (Å²) in [5.74, 6) is 0. The maximum Gasteiger partial charge on any atom is 0.187 e. The van der Waals surface area contributed by atoms with Crippen LogP contribution in [0.5, 0.6) is 0 Å². The summed E-state index contributed by atoms with van der Waals surface area (Å²) >= 11 is 0. The van der Waals surface area contributed by atoms with Gasteiger partial charge < -0.3 is 9.80 Å². The topological polar surface area (TPSA) is 34.6 Å². The van der Waals surface area contributed by atoms with Gasteiger partial charge in [-0.25, -0.2) is 4.85 Å². The summed E-state index contributed by atoms with van der Waals surface area (Å²) in [6.45, 7) is 17.2. The van der Waals surface area contributed by atoms with Gasteiger partial charge in [0, 0.05) is 44.1 Å². The van der Waals surface area contributed by atoms with E-state index in [0.717, 1.165) is 67.2 Å². The summed E-state index contributed by atoms with van der Waals surface area (Å²) in [6, 6.07) is 85.7. The largest absolute Gasteiger partial charge is 0.309 e. The van der Waals surface area contributed by atoms with Gasteiger partial charge in [0.15, 0.2) is 5.69 Å². The zero-order valence-electron chi connectivity index (χ0n) is 42.7. The van der Waals surface area contributed by atoms with Crippen LogP contribution in [0.4, 0.5) is 39.8 Å². The number of hydrogen-bond acceptors (Lipinski definition) is 3. The van der Waals surface area contributed by atoms with Crippen molar-refractivity contribution in [3.8, 4) is 50.6 Å². The fourth-order valence-corrected chi connectivity index (χ4v) is 13.0. The molecule has 0 aliphatic heterocycles. The van der Waals surface area contributed by atoms with Crippen molar-refractivity contribution >= 4 is 72.1 Å². The first kappa shape index (κ1) is 44.9. The SMILES string of the molecule is [C-]#[N+]c1cccc(-c2cccc(N(c3cccc4c3-c3ccccc3C4(C)C)c3ccc4ccc5c(N(c6cccc(-c7cccc(C#N)c7)c6)c6cccc7c6-c6ccccc6C7(C)C)ccc6ccc3c4c65)c2)c1. The summed E-state index contributed by atoms with van der Waals surface area (Å²) in [5.41, 5.74) is 21.7. The van der Waals surface area contributed by atoms with Crippen LogP contribution in [0.2, 0.25) is 0 Å². The standard InChI is InChI=1S/C72H50N4/c1-71(2)59-26-8-6-24-55(59)69-61(71)28-14-30-65(69)75(53-22-12-19-50(42-53)48-17-10-16-45(40-48)44-73)63-38-34-46-33-37-58-64(39-35-47-32-36-57(63)67(46)68(47)58)76(54-23-13-20-51(43-54)49-18-11-21-52(41-49)74-5)66-31-15-29-62-70(66)56-25-7-9-27-60(56)72(62,3)4/h6-43H,1-4H3. The molecule has 2 aliphatic rings. The number of benzene rings is 12. The van der Waals surface area contributed by atoms with Crippen molar-refractivity contribution in [2.45, 2.75) is 38.5 Å². The lowest BCUT2D eigenvalue weighted by atomic mass is 9.82. The van der Waals surface area contributed by atoms with Gasteiger partial charge in [0.1, 0.15) is 0 Å². The molecule has 0 saturated carbocycles. The summed E-state index contributed by atoms with van der Waals surface area (Å²) in [6.07, 6.45) is 0. The lowest BCUT2D eigenvalue weighted by molar-refractivity contribution is 0.660. The normalized spacial score (nSPS) is 13.4. The van der Waals surface area contributed by atoms with Crippen molar-refractivity contribution < 1.29 is 0 Å². The molecule has 0 radical (unpaired) electrons. The lowest BCUT2D eigenvalue weighted by Gasteiger charge is -2.32. The molecule has 0 aromatic heterocycles. The Labute approximate surface area is 443 Å². The Hall–Kier alpha value is -9.74. The van der Waals surface area contributed by atoms with E-state index in [1.54, 1.807) is 0 Å². The van der Waals surface area contributed by atoms with Gasteiger partial charge in [-0.05, 0) is 144 Å². The van der Waals surface area contributed by atoms with E-state index in [1.165, 1.54) is 66.1 Å². The van der Waals surface area contributed by atoms with Gasteiger partial charge in [-0.1, -0.05) is 191 Å². The van der Waals surface area contributed by atoms with Crippen LogP contribution in [0.3, 0.4) is 0 Å². The molecule has 0 unspecified atom stereocenters. The fraction of sp³-hybridized carbons (Fsp3) is 0.0833. The van der Waals surface area contributed by atoms with E-state index in [9.17, 15) is 5.26 Å². The van der Waals surface area contributed by atoms with Crippen LogP contribution in [0.25, 0.3) is 81.7 Å². The zero-order chi connectivity index (χ0) is 51.5. The molecule has 76 heavy (non-hydrogen) atoms. The molecule has 0 atom stereocenters. The first-order valence-electron chi connectivity index (χ1n) is 26.1. The zero-order valence-corrected chi connectivity index (χ0v) is 42.7. The van der Waals surface area contributed by atoms with Gasteiger partial charge in [0.05, 0.1) is 41.0 Å². The number of fused-ring (bicyclic) bond motifs is 6. The quantitative estimate of drug-likeness (QED) is 0.112. The molecule has 2 aliphatic carbocycles. The first-order chi connectivity index (χ1) is 37.1. The summed E-state index contributed by atoms with van der Waals surface area (Å²) in [7, 11) is 0. The van der Waals surface area contributed by atoms with E-state index in [4.69, 9.17) is 6.57 Å². The Kier molecular flexibility index (Phi) is 9.99. The van der Waals surface area contributed by atoms with Crippen LogP contribution in [-0.2, 0) is 10.8 Å². The molecule has 0 bridgehead atoms. The van der Waals surface area contributed by atoms with E-state index in [2.05, 4.69) is 243 Å². The van der Waals surface area contributed by atoms with Gasteiger partial charge in [-0.3, -0.25) is 0 Å². The van der Waals surface area contributed by atoms with Crippen molar-refractivity contribution in [2.75, 3.05) is 9.80 Å². The average molecular weight is 971 g/mol. The molecular formula is C72H50N4. The Morgan fingerprint density at radius 3 is 1.32 bits per heavy atom. The molecule has 0 fully saturated rings. The highest BCUT2D eigenvalue weighted by molar-refractivity contribution is 6.28. The number of nitrogens with zero attached hydrogens (tertiary/aromatic N) is 4. The molecule has 4 heteroatoms. The third kappa shape index (κ3) is 6.68. The maximum absolute atomic E-state index is 9.93. The van der Waals surface area contributed by atoms with Crippen LogP contribution in [0, 0.1) is 17.9 Å². The van der Waals surface area contributed by atoms with Crippen molar-refractivity contribution in [3.05, 3.63) is 270 Å². The van der Waals surface area contributed by atoms with Crippen molar-refractivity contribution in [1.82, 2.24) is 0 Å². The van der Waals surface area contributed by atoms with Crippen molar-refractivity contribution in [1.29, 1.82) is 5.26 Å². The van der Waals surface area contributed by atoms with E-state index in [-0.39, 0.29) is 10.8 Å². The number of hydrogen-bond donors (Lipinski definition) is 0. The molecule has 358 valence electrons. The number of rotatable bonds is 8. The average Bonchev–Trinajstić information content (AvgIpc) is 4.00. The van der Waals surface area contributed by atoms with E-state index >= 15 is 0 Å². The van der Waals surface area contributed by atoms with Crippen molar-refractivity contribution in [2.24, 2.45) is 0 Å². The van der Waals surface area contributed by atoms with E-state index in [0.29, 0.717) is 11.3 Å². The molecule has 0 amide bonds. The minimum absolute atomic E-state index is 0.197. The molecule has 12 aromatic carbocycles. The van der Waals surface area contributed by atoms with Crippen LogP contribution in [0.1, 0.15) is 55.5 Å². The van der Waals surface area contributed by atoms with Gasteiger partial charge in [-0.2, -0.15) is 5.26 Å². The molecular weight excluding hydrogens is 921 g/mol. The number of nitriles is 1. The highest BCUT2D eigenvalue weighted by atomic mass is 15.2. The second-order valence-electron chi connectivity index (χ2n) is 21.5.